The van der Waals surface area contributed by atoms with Crippen LogP contribution in [0.2, 0.25) is 0 Å². The molecule has 1 aromatic carbocycles. The highest BCUT2D eigenvalue weighted by atomic mass is 79.9. The lowest BCUT2D eigenvalue weighted by molar-refractivity contribution is 0.103. The second kappa shape index (κ2) is 8.60. The lowest BCUT2D eigenvalue weighted by Crippen LogP contribution is -2.09. The van der Waals surface area contributed by atoms with E-state index in [-0.39, 0.29) is 16.1 Å². The third-order valence-electron chi connectivity index (χ3n) is 3.88. The Kier molecular flexibility index (Phi) is 6.31. The molecule has 4 rings (SSSR count). The van der Waals surface area contributed by atoms with E-state index in [0.717, 1.165) is 12.1 Å². The summed E-state index contributed by atoms with van der Waals surface area (Å²) in [4.78, 5) is 19.3. The van der Waals surface area contributed by atoms with Crippen LogP contribution in [0.3, 0.4) is 0 Å². The molecule has 3 heterocycles. The van der Waals surface area contributed by atoms with Gasteiger partial charge in [0.25, 0.3) is 10.1 Å². The van der Waals surface area contributed by atoms with E-state index in [2.05, 4.69) is 25.9 Å². The van der Waals surface area contributed by atoms with Crippen LogP contribution in [0, 0.1) is 11.6 Å². The Morgan fingerprint density at radius 3 is 2.60 bits per heavy atom. The van der Waals surface area contributed by atoms with Crippen molar-refractivity contribution in [1.82, 2.24) is 9.97 Å². The second-order valence-electron chi connectivity index (χ2n) is 5.84. The zero-order valence-corrected chi connectivity index (χ0v) is 18.0. The number of hydrogen-bond donors (Lipinski definition) is 3. The number of pyridine rings is 1. The Morgan fingerprint density at radius 1 is 1.27 bits per heavy atom. The largest absolute Gasteiger partial charge is 0.396 e. The van der Waals surface area contributed by atoms with Crippen LogP contribution in [0.4, 0.5) is 14.5 Å². The van der Waals surface area contributed by atoms with Crippen molar-refractivity contribution in [2.24, 2.45) is 0 Å². The molecule has 7 nitrogen and oxygen atoms in total. The van der Waals surface area contributed by atoms with E-state index in [1.807, 2.05) is 0 Å². The maximum absolute atomic E-state index is 14.0. The van der Waals surface area contributed by atoms with Gasteiger partial charge in [-0.15, -0.1) is 0 Å². The molecule has 4 N–H and O–H groups in total. The number of aromatic amines is 1. The van der Waals surface area contributed by atoms with Crippen molar-refractivity contribution in [2.75, 3.05) is 5.73 Å². The summed E-state index contributed by atoms with van der Waals surface area (Å²) in [5.41, 5.74) is 5.02. The number of nitrogens with two attached hydrogens (primary N) is 1. The number of ketones is 1. The summed E-state index contributed by atoms with van der Waals surface area (Å²) in [5.74, 6) is -2.80. The van der Waals surface area contributed by atoms with Gasteiger partial charge in [-0.1, -0.05) is 0 Å². The Balaban J connectivity index is 0.000000239. The van der Waals surface area contributed by atoms with Crippen molar-refractivity contribution >= 4 is 59.9 Å². The van der Waals surface area contributed by atoms with E-state index in [1.165, 1.54) is 29.0 Å². The molecule has 156 valence electrons. The SMILES string of the molecule is Nc1ccc(F)c(C(=O)c2c[nH]c3ncc(Br)cc23)c1F.O=S(=O)(O)c1ccsc1. The maximum Gasteiger partial charge on any atom is 0.295 e. The van der Waals surface area contributed by atoms with Crippen molar-refractivity contribution in [2.45, 2.75) is 4.90 Å². The van der Waals surface area contributed by atoms with Gasteiger partial charge in [0.1, 0.15) is 16.4 Å². The number of nitrogens with zero attached hydrogens (tertiary/aromatic N) is 1. The van der Waals surface area contributed by atoms with Gasteiger partial charge in [-0.05, 0) is 45.6 Å². The molecule has 0 aliphatic heterocycles. The summed E-state index contributed by atoms with van der Waals surface area (Å²) < 4.78 is 57.3. The lowest BCUT2D eigenvalue weighted by Gasteiger charge is -2.05. The third-order valence-corrected chi connectivity index (χ3v) is 6.00. The number of H-pyrrole nitrogens is 1. The third kappa shape index (κ3) is 4.56. The molecule has 0 amide bonds. The highest BCUT2D eigenvalue weighted by Gasteiger charge is 2.23. The Bertz CT molecular complexity index is 1340. The number of carbonyl (C=O) groups excluding carboxylic acids is 1. The fourth-order valence-corrected chi connectivity index (χ4v) is 4.30. The Morgan fingerprint density at radius 2 is 2.00 bits per heavy atom. The van der Waals surface area contributed by atoms with Crippen molar-refractivity contribution in [3.05, 3.63) is 74.7 Å². The van der Waals surface area contributed by atoms with Crippen molar-refractivity contribution in [3.8, 4) is 0 Å². The molecule has 0 saturated heterocycles. The first-order valence-electron chi connectivity index (χ1n) is 8.00. The van der Waals surface area contributed by atoms with Crippen LogP contribution in [-0.2, 0) is 10.1 Å². The molecule has 0 fully saturated rings. The number of aromatic nitrogens is 2. The van der Waals surface area contributed by atoms with E-state index >= 15 is 0 Å². The summed E-state index contributed by atoms with van der Waals surface area (Å²) in [7, 11) is -3.95. The summed E-state index contributed by atoms with van der Waals surface area (Å²) in [6.07, 6.45) is 2.92. The van der Waals surface area contributed by atoms with Crippen LogP contribution in [0.15, 0.2) is 56.8 Å². The molecule has 30 heavy (non-hydrogen) atoms. The van der Waals surface area contributed by atoms with Gasteiger partial charge >= 0.3 is 0 Å². The zero-order valence-electron chi connectivity index (χ0n) is 14.8. The number of fused-ring (bicyclic) bond motifs is 1. The minimum Gasteiger partial charge on any atom is -0.396 e. The number of hydrogen-bond acceptors (Lipinski definition) is 6. The first-order valence-corrected chi connectivity index (χ1v) is 11.2. The number of nitrogen functional groups attached to an aromatic ring is 1. The topological polar surface area (TPSA) is 126 Å². The summed E-state index contributed by atoms with van der Waals surface area (Å²) >= 11 is 4.47. The number of benzene rings is 1. The van der Waals surface area contributed by atoms with Gasteiger partial charge in [-0.3, -0.25) is 9.35 Å². The number of halogens is 3. The number of nitrogens with one attached hydrogen (secondary N) is 1. The predicted octanol–water partition coefficient (Wildman–Crippen LogP) is 4.41. The molecule has 0 unspecified atom stereocenters. The molecule has 0 atom stereocenters. The minimum absolute atomic E-state index is 0.0347. The number of carbonyl (C=O) groups is 1. The van der Waals surface area contributed by atoms with Crippen molar-refractivity contribution in [3.63, 3.8) is 0 Å². The second-order valence-corrected chi connectivity index (χ2v) is 8.96. The minimum atomic E-state index is -3.95. The average molecular weight is 516 g/mol. The van der Waals surface area contributed by atoms with E-state index in [1.54, 1.807) is 17.6 Å². The molecule has 0 bridgehead atoms. The smallest absolute Gasteiger partial charge is 0.295 e. The van der Waals surface area contributed by atoms with Gasteiger partial charge in [0, 0.05) is 33.2 Å². The summed E-state index contributed by atoms with van der Waals surface area (Å²) in [5, 5.41) is 3.42. The summed E-state index contributed by atoms with van der Waals surface area (Å²) in [6.45, 7) is 0. The molecule has 12 heteroatoms. The first kappa shape index (κ1) is 22.0. The van der Waals surface area contributed by atoms with E-state index in [4.69, 9.17) is 10.3 Å². The zero-order chi connectivity index (χ0) is 22.1. The van der Waals surface area contributed by atoms with Gasteiger partial charge in [0.2, 0.25) is 5.78 Å². The van der Waals surface area contributed by atoms with Gasteiger partial charge in [-0.2, -0.15) is 19.8 Å². The maximum atomic E-state index is 14.0. The Labute approximate surface area is 181 Å². The van der Waals surface area contributed by atoms with E-state index < -0.39 is 33.1 Å². The van der Waals surface area contributed by atoms with Crippen LogP contribution in [0.1, 0.15) is 15.9 Å². The van der Waals surface area contributed by atoms with Crippen molar-refractivity contribution < 1.29 is 26.5 Å². The van der Waals surface area contributed by atoms with Gasteiger partial charge in [0.05, 0.1) is 11.3 Å². The highest BCUT2D eigenvalue weighted by molar-refractivity contribution is 9.10. The molecule has 0 spiro atoms. The van der Waals surface area contributed by atoms with Gasteiger partial charge < -0.3 is 10.7 Å². The molecular formula is C18H12BrF2N3O4S2. The van der Waals surface area contributed by atoms with E-state index in [9.17, 15) is 22.0 Å². The van der Waals surface area contributed by atoms with E-state index in [0.29, 0.717) is 15.5 Å². The normalized spacial score (nSPS) is 11.2. The predicted molar refractivity (Wildman–Crippen MR) is 112 cm³/mol. The molecule has 4 aromatic rings. The van der Waals surface area contributed by atoms with Gasteiger partial charge in [0.15, 0.2) is 5.82 Å². The summed E-state index contributed by atoms with van der Waals surface area (Å²) in [6, 6.07) is 5.04. The standard InChI is InChI=1S/C14H8BrF2N3O.C4H4O3S2/c15-6-3-7-8(5-20-14(7)19-4-6)13(21)11-9(16)1-2-10(18)12(11)17;5-9(6,7)4-1-2-8-3-4/h1-5H,18H2,(H,19,20);1-3H,(H,5,6,7). The fourth-order valence-electron chi connectivity index (χ4n) is 2.48. The number of rotatable bonds is 3. The van der Waals surface area contributed by atoms with Crippen molar-refractivity contribution in [1.29, 1.82) is 0 Å². The van der Waals surface area contributed by atoms with Crippen LogP contribution in [0.25, 0.3) is 11.0 Å². The average Bonchev–Trinajstić information content (AvgIpc) is 3.35. The Hall–Kier alpha value is -2.67. The fraction of sp³-hybridized carbons (Fsp3) is 0. The molecule has 0 saturated carbocycles. The number of thiophene rings is 1. The highest BCUT2D eigenvalue weighted by Crippen LogP contribution is 2.26. The molecule has 0 aliphatic carbocycles. The lowest BCUT2D eigenvalue weighted by atomic mass is 10.0. The quantitative estimate of drug-likeness (QED) is 0.210. The van der Waals surface area contributed by atoms with Gasteiger partial charge in [-0.25, -0.2) is 13.8 Å². The molecule has 0 aliphatic rings. The van der Waals surface area contributed by atoms with Crippen LogP contribution < -0.4 is 5.73 Å². The number of anilines is 1. The first-order chi connectivity index (χ1) is 14.1. The molecule has 0 radical (unpaired) electrons. The van der Waals surface area contributed by atoms with Crippen LogP contribution in [-0.4, -0.2) is 28.7 Å². The van der Waals surface area contributed by atoms with Crippen LogP contribution in [0.5, 0.6) is 0 Å². The molecule has 3 aromatic heterocycles. The van der Waals surface area contributed by atoms with Crippen LogP contribution >= 0.6 is 27.3 Å². The monoisotopic (exact) mass is 515 g/mol. The molecular weight excluding hydrogens is 504 g/mol.